The number of likely N-dealkylation sites (tertiary alicyclic amines) is 1. The molecule has 5 rings (SSSR count). The molecule has 2 aliphatic heterocycles. The Hall–Kier alpha value is -3.54. The van der Waals surface area contributed by atoms with Crippen molar-refractivity contribution in [3.63, 3.8) is 0 Å². The topological polar surface area (TPSA) is 79.9 Å². The minimum atomic E-state index is -4.83. The van der Waals surface area contributed by atoms with Crippen molar-refractivity contribution in [2.45, 2.75) is 63.1 Å². The second-order valence-electron chi connectivity index (χ2n) is 11.3. The summed E-state index contributed by atoms with van der Waals surface area (Å²) in [4.78, 5) is 28.0. The van der Waals surface area contributed by atoms with Crippen LogP contribution in [0.2, 0.25) is 10.0 Å². The zero-order valence-corrected chi connectivity index (χ0v) is 25.7. The van der Waals surface area contributed by atoms with Crippen molar-refractivity contribution in [1.29, 1.82) is 0 Å². The Morgan fingerprint density at radius 1 is 1.07 bits per heavy atom. The van der Waals surface area contributed by atoms with E-state index < -0.39 is 29.8 Å². The van der Waals surface area contributed by atoms with E-state index in [1.54, 1.807) is 30.3 Å². The molecule has 7 nitrogen and oxygen atoms in total. The van der Waals surface area contributed by atoms with Crippen LogP contribution in [0.5, 0.6) is 5.75 Å². The van der Waals surface area contributed by atoms with Crippen LogP contribution >= 0.6 is 23.2 Å². The number of amides is 2. The number of anilines is 1. The molecule has 2 aliphatic rings. The standard InChI is InChI=1S/C32H31Cl2F4N3O4/c1-19(41-13-11-31(12-14-41)25-17-22(35)7-10-28(25)40-30(43)45-31)5-8-24(21-6-9-26(33)27(34)16-21)29(42)39-18-20-3-2-4-23(15-20)44-32(36,37)38/h2-4,6-7,9-10,15-17,19,24H,5,8,11-14,18H2,1H3,(H,39,42)(H,40,43). The highest BCUT2D eigenvalue weighted by Gasteiger charge is 2.45. The molecule has 1 fully saturated rings. The second-order valence-corrected chi connectivity index (χ2v) is 12.1. The molecule has 1 spiro atoms. The van der Waals surface area contributed by atoms with E-state index in [1.807, 2.05) is 0 Å². The molecule has 45 heavy (non-hydrogen) atoms. The first kappa shape index (κ1) is 32.8. The molecule has 2 unspecified atom stereocenters. The van der Waals surface area contributed by atoms with Crippen molar-refractivity contribution in [3.8, 4) is 5.75 Å². The van der Waals surface area contributed by atoms with Crippen LogP contribution in [-0.4, -0.2) is 42.4 Å². The van der Waals surface area contributed by atoms with Crippen LogP contribution in [0.4, 0.5) is 28.0 Å². The Balaban J connectivity index is 1.24. The van der Waals surface area contributed by atoms with Gasteiger partial charge in [0, 0.05) is 44.1 Å². The molecule has 0 saturated carbocycles. The monoisotopic (exact) mass is 667 g/mol. The van der Waals surface area contributed by atoms with Gasteiger partial charge in [0.15, 0.2) is 0 Å². The quantitative estimate of drug-likeness (QED) is 0.225. The zero-order valence-electron chi connectivity index (χ0n) is 24.2. The number of ether oxygens (including phenoxy) is 2. The van der Waals surface area contributed by atoms with E-state index in [0.717, 1.165) is 0 Å². The minimum Gasteiger partial charge on any atom is -0.438 e. The number of nitrogens with one attached hydrogen (secondary N) is 2. The molecule has 2 amide bonds. The van der Waals surface area contributed by atoms with Crippen molar-refractivity contribution in [2.75, 3.05) is 18.4 Å². The lowest BCUT2D eigenvalue weighted by atomic mass is 9.81. The molecule has 2 atom stereocenters. The summed E-state index contributed by atoms with van der Waals surface area (Å²) in [6.45, 7) is 3.22. The van der Waals surface area contributed by atoms with Gasteiger partial charge in [0.2, 0.25) is 5.91 Å². The highest BCUT2D eigenvalue weighted by Crippen LogP contribution is 2.44. The number of benzene rings is 3. The largest absolute Gasteiger partial charge is 0.573 e. The number of piperidine rings is 1. The Morgan fingerprint density at radius 2 is 1.82 bits per heavy atom. The van der Waals surface area contributed by atoms with Gasteiger partial charge in [-0.25, -0.2) is 9.18 Å². The van der Waals surface area contributed by atoms with Crippen LogP contribution in [0.1, 0.15) is 55.2 Å². The van der Waals surface area contributed by atoms with Gasteiger partial charge in [-0.3, -0.25) is 10.1 Å². The van der Waals surface area contributed by atoms with Gasteiger partial charge in [0.1, 0.15) is 17.2 Å². The van der Waals surface area contributed by atoms with Gasteiger partial charge < -0.3 is 19.7 Å². The smallest absolute Gasteiger partial charge is 0.438 e. The van der Waals surface area contributed by atoms with Crippen LogP contribution in [-0.2, 0) is 21.7 Å². The third-order valence-electron chi connectivity index (χ3n) is 8.36. The van der Waals surface area contributed by atoms with Crippen LogP contribution in [0, 0.1) is 5.82 Å². The predicted octanol–water partition coefficient (Wildman–Crippen LogP) is 8.15. The highest BCUT2D eigenvalue weighted by molar-refractivity contribution is 6.42. The number of fused-ring (bicyclic) bond motifs is 2. The van der Waals surface area contributed by atoms with Gasteiger partial charge in [0.05, 0.1) is 21.7 Å². The highest BCUT2D eigenvalue weighted by atomic mass is 35.5. The normalized spacial score (nSPS) is 17.5. The summed E-state index contributed by atoms with van der Waals surface area (Å²) in [5, 5.41) is 6.12. The molecule has 0 bridgehead atoms. The molecule has 0 radical (unpaired) electrons. The van der Waals surface area contributed by atoms with E-state index >= 15 is 0 Å². The maximum atomic E-state index is 14.1. The first-order valence-electron chi connectivity index (χ1n) is 14.4. The number of halogens is 6. The van der Waals surface area contributed by atoms with E-state index in [9.17, 15) is 27.2 Å². The molecule has 13 heteroatoms. The summed E-state index contributed by atoms with van der Waals surface area (Å²) in [6, 6.07) is 14.7. The number of alkyl halides is 3. The van der Waals surface area contributed by atoms with Gasteiger partial charge in [-0.05, 0) is 73.4 Å². The van der Waals surface area contributed by atoms with Crippen LogP contribution < -0.4 is 15.4 Å². The first-order valence-corrected chi connectivity index (χ1v) is 15.2. The van der Waals surface area contributed by atoms with Gasteiger partial charge in [-0.15, -0.1) is 13.2 Å². The van der Waals surface area contributed by atoms with Gasteiger partial charge in [0.25, 0.3) is 0 Å². The Morgan fingerprint density at radius 3 is 2.53 bits per heavy atom. The summed E-state index contributed by atoms with van der Waals surface area (Å²) < 4.78 is 61.8. The average Bonchev–Trinajstić information content (AvgIpc) is 2.98. The fourth-order valence-electron chi connectivity index (χ4n) is 6.00. The molecule has 240 valence electrons. The SMILES string of the molecule is CC(CCC(C(=O)NCc1cccc(OC(F)(F)F)c1)c1ccc(Cl)c(Cl)c1)N1CCC2(CC1)OC(=O)Nc1ccc(F)cc12. The Bertz CT molecular complexity index is 1560. The van der Waals surface area contributed by atoms with E-state index in [-0.39, 0.29) is 24.2 Å². The summed E-state index contributed by atoms with van der Waals surface area (Å²) in [5.74, 6) is -1.72. The van der Waals surface area contributed by atoms with Crippen molar-refractivity contribution in [3.05, 3.63) is 93.2 Å². The van der Waals surface area contributed by atoms with Crippen LogP contribution in [0.25, 0.3) is 0 Å². The maximum Gasteiger partial charge on any atom is 0.573 e. The number of carbonyl (C=O) groups is 2. The number of hydrogen-bond donors (Lipinski definition) is 2. The zero-order chi connectivity index (χ0) is 32.4. The van der Waals surface area contributed by atoms with E-state index in [0.29, 0.717) is 71.2 Å². The van der Waals surface area contributed by atoms with E-state index in [4.69, 9.17) is 27.9 Å². The van der Waals surface area contributed by atoms with Crippen LogP contribution in [0.15, 0.2) is 60.7 Å². The molecule has 1 saturated heterocycles. The molecule has 2 N–H and O–H groups in total. The summed E-state index contributed by atoms with van der Waals surface area (Å²) in [5.41, 5.74) is 1.35. The lowest BCUT2D eigenvalue weighted by Crippen LogP contribution is -2.50. The molecule has 0 aliphatic carbocycles. The van der Waals surface area contributed by atoms with Gasteiger partial charge in [-0.2, -0.15) is 0 Å². The van der Waals surface area contributed by atoms with E-state index in [2.05, 4.69) is 27.2 Å². The molecular weight excluding hydrogens is 637 g/mol. The lowest BCUT2D eigenvalue weighted by Gasteiger charge is -2.45. The molecule has 0 aromatic heterocycles. The Labute approximate surface area is 267 Å². The molecular formula is C32H31Cl2F4N3O4. The Kier molecular flexibility index (Phi) is 9.81. The summed E-state index contributed by atoms with van der Waals surface area (Å²) in [6.07, 6.45) is -3.37. The molecule has 3 aromatic carbocycles. The van der Waals surface area contributed by atoms with Gasteiger partial charge >= 0.3 is 12.5 Å². The van der Waals surface area contributed by atoms with Crippen molar-refractivity contribution < 1.29 is 36.6 Å². The fraction of sp³-hybridized carbons (Fsp3) is 0.375. The number of carbonyl (C=O) groups excluding carboxylic acids is 2. The number of hydrogen-bond acceptors (Lipinski definition) is 5. The van der Waals surface area contributed by atoms with E-state index in [1.165, 1.54) is 30.3 Å². The van der Waals surface area contributed by atoms with Crippen molar-refractivity contribution >= 4 is 40.9 Å². The summed E-state index contributed by atoms with van der Waals surface area (Å²) >= 11 is 12.4. The second kappa shape index (κ2) is 13.4. The predicted molar refractivity (Wildman–Crippen MR) is 162 cm³/mol. The minimum absolute atomic E-state index is 0.00881. The summed E-state index contributed by atoms with van der Waals surface area (Å²) in [7, 11) is 0. The number of rotatable bonds is 9. The fourth-order valence-corrected chi connectivity index (χ4v) is 6.31. The van der Waals surface area contributed by atoms with Crippen molar-refractivity contribution in [2.24, 2.45) is 0 Å². The third kappa shape index (κ3) is 8.01. The third-order valence-corrected chi connectivity index (χ3v) is 9.10. The van der Waals surface area contributed by atoms with Crippen LogP contribution in [0.3, 0.4) is 0 Å². The molecule has 3 aromatic rings. The lowest BCUT2D eigenvalue weighted by molar-refractivity contribution is -0.274. The maximum absolute atomic E-state index is 14.1. The number of nitrogens with zero attached hydrogens (tertiary/aromatic N) is 1. The van der Waals surface area contributed by atoms with Crippen molar-refractivity contribution in [1.82, 2.24) is 10.2 Å². The molecule has 2 heterocycles. The first-order chi connectivity index (χ1) is 21.3. The van der Waals surface area contributed by atoms with Gasteiger partial charge in [-0.1, -0.05) is 41.4 Å². The average molecular weight is 669 g/mol.